The molecule has 2 heterocycles. The van der Waals surface area contributed by atoms with E-state index >= 15 is 0 Å². The van der Waals surface area contributed by atoms with Crippen LogP contribution < -0.4 is 9.62 Å². The van der Waals surface area contributed by atoms with Crippen LogP contribution in [0.15, 0.2) is 52.5 Å². The van der Waals surface area contributed by atoms with Crippen LogP contribution in [0.1, 0.15) is 19.3 Å². The highest BCUT2D eigenvalue weighted by Gasteiger charge is 2.23. The van der Waals surface area contributed by atoms with Crippen LogP contribution in [-0.2, 0) is 20.0 Å². The Labute approximate surface area is 166 Å². The van der Waals surface area contributed by atoms with Crippen LogP contribution >= 0.6 is 0 Å². The number of rotatable bonds is 6. The average Bonchev–Trinajstić information content (AvgIpc) is 2.69. The number of pyridine rings is 1. The Kier molecular flexibility index (Phi) is 5.92. The lowest BCUT2D eigenvalue weighted by molar-refractivity contribution is 0.520. The molecule has 0 unspecified atom stereocenters. The molecule has 1 aliphatic rings. The van der Waals surface area contributed by atoms with E-state index in [0.29, 0.717) is 5.69 Å². The first-order valence-electron chi connectivity index (χ1n) is 8.96. The molecule has 0 bridgehead atoms. The van der Waals surface area contributed by atoms with Gasteiger partial charge in [-0.15, -0.1) is 0 Å². The van der Waals surface area contributed by atoms with Gasteiger partial charge in [0.15, 0.2) is 0 Å². The van der Waals surface area contributed by atoms with Gasteiger partial charge >= 0.3 is 0 Å². The van der Waals surface area contributed by atoms with E-state index in [2.05, 4.69) is 14.6 Å². The smallest absolute Gasteiger partial charge is 0.262 e. The quantitative estimate of drug-likeness (QED) is 0.763. The Hall–Kier alpha value is -2.17. The van der Waals surface area contributed by atoms with E-state index in [1.165, 1.54) is 38.5 Å². The maximum atomic E-state index is 12.9. The first-order chi connectivity index (χ1) is 13.2. The minimum absolute atomic E-state index is 0.0807. The predicted octanol–water partition coefficient (Wildman–Crippen LogP) is 2.12. The van der Waals surface area contributed by atoms with Crippen LogP contribution in [0, 0.1) is 0 Å². The lowest BCUT2D eigenvalue weighted by Gasteiger charge is -2.30. The first kappa shape index (κ1) is 20.6. The lowest BCUT2D eigenvalue weighted by atomic mass is 10.1. The standard InChI is InChI=1S/C18H24N4O4S2/c1-21(2)28(25,26)16-8-6-7-15(13-16)27(23,24)20-17-14-19-10-9-18(17)22-11-4-3-5-12-22/h6-10,13-14,20H,3-5,11-12H2,1-2H3. The molecule has 0 saturated carbocycles. The molecule has 3 rings (SSSR count). The van der Waals surface area contributed by atoms with Crippen molar-refractivity contribution in [2.75, 3.05) is 36.8 Å². The molecule has 1 aromatic heterocycles. The molecule has 1 aromatic carbocycles. The minimum atomic E-state index is -3.98. The number of hydrogen-bond acceptors (Lipinski definition) is 6. The van der Waals surface area contributed by atoms with Gasteiger partial charge < -0.3 is 4.90 Å². The van der Waals surface area contributed by atoms with E-state index in [4.69, 9.17) is 0 Å². The fourth-order valence-corrected chi connectivity index (χ4v) is 5.22. The van der Waals surface area contributed by atoms with E-state index < -0.39 is 20.0 Å². The zero-order valence-corrected chi connectivity index (χ0v) is 17.5. The van der Waals surface area contributed by atoms with E-state index in [0.717, 1.165) is 48.4 Å². The summed E-state index contributed by atoms with van der Waals surface area (Å²) < 4.78 is 54.1. The Balaban J connectivity index is 1.94. The van der Waals surface area contributed by atoms with Crippen LogP contribution in [0.3, 0.4) is 0 Å². The maximum absolute atomic E-state index is 12.9. The van der Waals surface area contributed by atoms with Gasteiger partial charge in [0, 0.05) is 33.4 Å². The number of piperidine rings is 1. The number of anilines is 2. The molecule has 8 nitrogen and oxygen atoms in total. The second kappa shape index (κ2) is 8.06. The van der Waals surface area contributed by atoms with E-state index in [1.54, 1.807) is 12.3 Å². The van der Waals surface area contributed by atoms with Crippen molar-refractivity contribution in [2.45, 2.75) is 29.1 Å². The van der Waals surface area contributed by atoms with Gasteiger partial charge in [-0.2, -0.15) is 0 Å². The second-order valence-electron chi connectivity index (χ2n) is 6.81. The van der Waals surface area contributed by atoms with Crippen molar-refractivity contribution in [3.8, 4) is 0 Å². The number of nitrogens with one attached hydrogen (secondary N) is 1. The summed E-state index contributed by atoms with van der Waals surface area (Å²) in [5.41, 5.74) is 1.15. The molecule has 1 aliphatic heterocycles. The molecular weight excluding hydrogens is 400 g/mol. The molecule has 1 N–H and O–H groups in total. The lowest BCUT2D eigenvalue weighted by Crippen LogP contribution is -2.30. The Bertz CT molecular complexity index is 1050. The number of benzene rings is 1. The molecule has 28 heavy (non-hydrogen) atoms. The minimum Gasteiger partial charge on any atom is -0.370 e. The molecule has 0 atom stereocenters. The van der Waals surface area contributed by atoms with Gasteiger partial charge in [-0.3, -0.25) is 9.71 Å². The maximum Gasteiger partial charge on any atom is 0.262 e. The van der Waals surface area contributed by atoms with Gasteiger partial charge in [0.25, 0.3) is 10.0 Å². The van der Waals surface area contributed by atoms with Crippen LogP contribution in [0.2, 0.25) is 0 Å². The highest BCUT2D eigenvalue weighted by molar-refractivity contribution is 7.93. The Morgan fingerprint density at radius 3 is 2.36 bits per heavy atom. The van der Waals surface area contributed by atoms with Gasteiger partial charge in [0.2, 0.25) is 10.0 Å². The SMILES string of the molecule is CN(C)S(=O)(=O)c1cccc(S(=O)(=O)Nc2cnccc2N2CCCCC2)c1. The fourth-order valence-electron chi connectivity index (χ4n) is 3.09. The van der Waals surface area contributed by atoms with Crippen molar-refractivity contribution in [3.63, 3.8) is 0 Å². The number of sulfonamides is 2. The zero-order chi connectivity index (χ0) is 20.4. The third-order valence-corrected chi connectivity index (χ3v) is 7.81. The van der Waals surface area contributed by atoms with Crippen LogP contribution in [0.25, 0.3) is 0 Å². The molecule has 2 aromatic rings. The summed E-state index contributed by atoms with van der Waals surface area (Å²) in [6, 6.07) is 7.11. The van der Waals surface area contributed by atoms with Gasteiger partial charge in [-0.05, 0) is 43.5 Å². The topological polar surface area (TPSA) is 99.7 Å². The monoisotopic (exact) mass is 424 g/mol. The summed E-state index contributed by atoms with van der Waals surface area (Å²) in [6.07, 6.45) is 6.38. The fraction of sp³-hybridized carbons (Fsp3) is 0.389. The number of aromatic nitrogens is 1. The molecule has 0 spiro atoms. The summed E-state index contributed by atoms with van der Waals surface area (Å²) in [5.74, 6) is 0. The van der Waals surface area contributed by atoms with Crippen LogP contribution in [-0.4, -0.2) is 53.3 Å². The van der Waals surface area contributed by atoms with Crippen molar-refractivity contribution in [1.29, 1.82) is 0 Å². The van der Waals surface area contributed by atoms with Crippen molar-refractivity contribution < 1.29 is 16.8 Å². The third-order valence-electron chi connectivity index (χ3n) is 4.63. The number of hydrogen-bond donors (Lipinski definition) is 1. The molecule has 0 amide bonds. The van der Waals surface area contributed by atoms with Crippen LogP contribution in [0.5, 0.6) is 0 Å². The summed E-state index contributed by atoms with van der Waals surface area (Å²) in [5, 5.41) is 0. The Morgan fingerprint density at radius 2 is 1.68 bits per heavy atom. The predicted molar refractivity (Wildman–Crippen MR) is 108 cm³/mol. The largest absolute Gasteiger partial charge is 0.370 e. The summed E-state index contributed by atoms with van der Waals surface area (Å²) >= 11 is 0. The molecule has 152 valence electrons. The van der Waals surface area contributed by atoms with Crippen molar-refractivity contribution in [1.82, 2.24) is 9.29 Å². The van der Waals surface area contributed by atoms with E-state index in [1.807, 2.05) is 0 Å². The first-order valence-corrected chi connectivity index (χ1v) is 11.9. The molecular formula is C18H24N4O4S2. The van der Waals surface area contributed by atoms with Crippen LogP contribution in [0.4, 0.5) is 11.4 Å². The highest BCUT2D eigenvalue weighted by Crippen LogP contribution is 2.29. The summed E-state index contributed by atoms with van der Waals surface area (Å²) in [7, 11) is -4.92. The molecule has 10 heteroatoms. The van der Waals surface area contributed by atoms with Gasteiger partial charge in [-0.25, -0.2) is 21.1 Å². The zero-order valence-electron chi connectivity index (χ0n) is 15.9. The molecule has 1 fully saturated rings. The highest BCUT2D eigenvalue weighted by atomic mass is 32.2. The van der Waals surface area contributed by atoms with Gasteiger partial charge in [0.1, 0.15) is 0 Å². The molecule has 0 radical (unpaired) electrons. The van der Waals surface area contributed by atoms with Crippen molar-refractivity contribution in [3.05, 3.63) is 42.7 Å². The summed E-state index contributed by atoms with van der Waals surface area (Å²) in [6.45, 7) is 1.71. The second-order valence-corrected chi connectivity index (χ2v) is 10.6. The molecule has 1 saturated heterocycles. The van der Waals surface area contributed by atoms with Gasteiger partial charge in [0.05, 0.1) is 27.4 Å². The molecule has 0 aliphatic carbocycles. The van der Waals surface area contributed by atoms with Crippen molar-refractivity contribution >= 4 is 31.4 Å². The summed E-state index contributed by atoms with van der Waals surface area (Å²) in [4.78, 5) is 5.97. The average molecular weight is 425 g/mol. The number of nitrogens with zero attached hydrogens (tertiary/aromatic N) is 3. The third kappa shape index (κ3) is 4.29. The Morgan fingerprint density at radius 1 is 1.00 bits per heavy atom. The van der Waals surface area contributed by atoms with E-state index in [-0.39, 0.29) is 9.79 Å². The van der Waals surface area contributed by atoms with Gasteiger partial charge in [-0.1, -0.05) is 6.07 Å². The van der Waals surface area contributed by atoms with E-state index in [9.17, 15) is 16.8 Å². The van der Waals surface area contributed by atoms with Crippen molar-refractivity contribution in [2.24, 2.45) is 0 Å². The normalized spacial score (nSPS) is 15.6.